The summed E-state index contributed by atoms with van der Waals surface area (Å²) in [6, 6.07) is 0.262. The van der Waals surface area contributed by atoms with Crippen molar-refractivity contribution in [3.8, 4) is 0 Å². The average molecular weight is 372 g/mol. The van der Waals surface area contributed by atoms with Gasteiger partial charge in [-0.3, -0.25) is 4.79 Å². The molecule has 108 valence electrons. The summed E-state index contributed by atoms with van der Waals surface area (Å²) in [7, 11) is 5.07. The minimum atomic E-state index is -0.0263. The minimum Gasteiger partial charge on any atom is -0.383 e. The van der Waals surface area contributed by atoms with Gasteiger partial charge in [0.15, 0.2) is 5.96 Å². The summed E-state index contributed by atoms with van der Waals surface area (Å²) in [6.07, 6.45) is 0. The van der Waals surface area contributed by atoms with Crippen LogP contribution in [0.2, 0.25) is 0 Å². The molecule has 6 nitrogen and oxygen atoms in total. The predicted molar refractivity (Wildman–Crippen MR) is 84.6 cm³/mol. The largest absolute Gasteiger partial charge is 0.383 e. The second-order valence-electron chi connectivity index (χ2n) is 4.17. The molecule has 0 spiro atoms. The number of hydrogen-bond acceptors (Lipinski definition) is 3. The van der Waals surface area contributed by atoms with Crippen LogP contribution in [-0.4, -0.2) is 63.7 Å². The Bertz CT molecular complexity index is 257. The van der Waals surface area contributed by atoms with Crippen LogP contribution in [0.3, 0.4) is 0 Å². The second-order valence-corrected chi connectivity index (χ2v) is 4.17. The van der Waals surface area contributed by atoms with E-state index in [9.17, 15) is 4.79 Å². The van der Waals surface area contributed by atoms with E-state index < -0.39 is 0 Å². The molecule has 0 aromatic rings. The monoisotopic (exact) mass is 372 g/mol. The SMILES string of the molecule is COCCNC(=NCC(=O)N(C)C)NC(C)C.I. The average Bonchev–Trinajstić information content (AvgIpc) is 2.24. The Labute approximate surface area is 127 Å². The first-order valence-electron chi connectivity index (χ1n) is 5.71. The lowest BCUT2D eigenvalue weighted by Gasteiger charge is -2.15. The number of nitrogens with zero attached hydrogens (tertiary/aromatic N) is 2. The van der Waals surface area contributed by atoms with Gasteiger partial charge in [0, 0.05) is 33.8 Å². The molecule has 0 heterocycles. The number of rotatable bonds is 6. The molecule has 2 N–H and O–H groups in total. The molecule has 0 radical (unpaired) electrons. The number of ether oxygens (including phenoxy) is 1. The van der Waals surface area contributed by atoms with E-state index >= 15 is 0 Å². The molecule has 0 aliphatic carbocycles. The maximum absolute atomic E-state index is 11.4. The first kappa shape index (κ1) is 19.8. The van der Waals surface area contributed by atoms with Gasteiger partial charge in [0.25, 0.3) is 0 Å². The van der Waals surface area contributed by atoms with Crippen LogP contribution in [0.15, 0.2) is 4.99 Å². The maximum Gasteiger partial charge on any atom is 0.243 e. The van der Waals surface area contributed by atoms with Crippen LogP contribution in [0.25, 0.3) is 0 Å². The smallest absolute Gasteiger partial charge is 0.243 e. The Morgan fingerprint density at radius 2 is 2.00 bits per heavy atom. The number of amides is 1. The molecule has 0 unspecified atom stereocenters. The van der Waals surface area contributed by atoms with Crippen molar-refractivity contribution >= 4 is 35.8 Å². The normalized spacial score (nSPS) is 10.9. The van der Waals surface area contributed by atoms with Gasteiger partial charge < -0.3 is 20.3 Å². The van der Waals surface area contributed by atoms with Crippen LogP contribution >= 0.6 is 24.0 Å². The molecule has 0 bridgehead atoms. The fourth-order valence-electron chi connectivity index (χ4n) is 0.986. The van der Waals surface area contributed by atoms with Gasteiger partial charge in [0.2, 0.25) is 5.91 Å². The van der Waals surface area contributed by atoms with Crippen LogP contribution in [0.4, 0.5) is 0 Å². The molecule has 7 heteroatoms. The predicted octanol–water partition coefficient (Wildman–Crippen LogP) is 0.283. The molecule has 0 aliphatic heterocycles. The van der Waals surface area contributed by atoms with Gasteiger partial charge in [0.1, 0.15) is 6.54 Å². The second kappa shape index (κ2) is 11.5. The first-order valence-corrected chi connectivity index (χ1v) is 5.71. The third-order valence-corrected chi connectivity index (χ3v) is 1.90. The number of guanidine groups is 1. The van der Waals surface area contributed by atoms with Crippen LogP contribution in [0.1, 0.15) is 13.8 Å². The number of carbonyl (C=O) groups excluding carboxylic acids is 1. The third kappa shape index (κ3) is 10.6. The van der Waals surface area contributed by atoms with E-state index in [-0.39, 0.29) is 42.5 Å². The van der Waals surface area contributed by atoms with Gasteiger partial charge >= 0.3 is 0 Å². The van der Waals surface area contributed by atoms with Gasteiger partial charge in [-0.15, -0.1) is 24.0 Å². The standard InChI is InChI=1S/C11H24N4O2.HI/c1-9(2)14-11(12-6-7-17-5)13-8-10(16)15(3)4;/h9H,6-8H2,1-5H3,(H2,12,13,14);1H. The number of carbonyl (C=O) groups is 1. The van der Waals surface area contributed by atoms with Gasteiger partial charge in [-0.1, -0.05) is 0 Å². The van der Waals surface area contributed by atoms with Gasteiger partial charge in [-0.25, -0.2) is 4.99 Å². The summed E-state index contributed by atoms with van der Waals surface area (Å²) in [6.45, 7) is 5.43. The zero-order valence-electron chi connectivity index (χ0n) is 11.8. The fraction of sp³-hybridized carbons (Fsp3) is 0.818. The highest BCUT2D eigenvalue weighted by Gasteiger charge is 2.05. The summed E-state index contributed by atoms with van der Waals surface area (Å²) < 4.78 is 4.94. The quantitative estimate of drug-likeness (QED) is 0.304. The molecule has 0 aliphatic rings. The van der Waals surface area contributed by atoms with Crippen molar-refractivity contribution in [1.29, 1.82) is 0 Å². The van der Waals surface area contributed by atoms with Crippen molar-refractivity contribution in [2.45, 2.75) is 19.9 Å². The van der Waals surface area contributed by atoms with E-state index in [1.54, 1.807) is 21.2 Å². The Kier molecular flexibility index (Phi) is 12.6. The summed E-state index contributed by atoms with van der Waals surface area (Å²) in [4.78, 5) is 17.1. The van der Waals surface area contributed by atoms with E-state index in [0.717, 1.165) is 0 Å². The number of likely N-dealkylation sites (N-methyl/N-ethyl adjacent to an activating group) is 1. The molecular formula is C11H25IN4O2. The van der Waals surface area contributed by atoms with Crippen LogP contribution in [0.5, 0.6) is 0 Å². The molecule has 0 aromatic carbocycles. The van der Waals surface area contributed by atoms with E-state index in [1.807, 2.05) is 13.8 Å². The van der Waals surface area contributed by atoms with Crippen molar-refractivity contribution in [1.82, 2.24) is 15.5 Å². The number of halogens is 1. The van der Waals surface area contributed by atoms with Crippen molar-refractivity contribution in [3.63, 3.8) is 0 Å². The molecule has 0 fully saturated rings. The summed E-state index contributed by atoms with van der Waals surface area (Å²) >= 11 is 0. The number of hydrogen-bond donors (Lipinski definition) is 2. The molecular weight excluding hydrogens is 347 g/mol. The zero-order valence-corrected chi connectivity index (χ0v) is 14.1. The van der Waals surface area contributed by atoms with E-state index in [0.29, 0.717) is 19.1 Å². The highest BCUT2D eigenvalue weighted by molar-refractivity contribution is 14.0. The molecule has 0 saturated heterocycles. The molecule has 1 amide bonds. The first-order chi connectivity index (χ1) is 7.97. The van der Waals surface area contributed by atoms with E-state index in [1.165, 1.54) is 4.90 Å². The Morgan fingerprint density at radius 1 is 1.39 bits per heavy atom. The maximum atomic E-state index is 11.4. The topological polar surface area (TPSA) is 66.0 Å². The highest BCUT2D eigenvalue weighted by atomic mass is 127. The van der Waals surface area contributed by atoms with Crippen LogP contribution < -0.4 is 10.6 Å². The summed E-state index contributed by atoms with van der Waals surface area (Å²) in [5, 5.41) is 6.24. The van der Waals surface area contributed by atoms with E-state index in [2.05, 4.69) is 15.6 Å². The molecule has 18 heavy (non-hydrogen) atoms. The third-order valence-electron chi connectivity index (χ3n) is 1.90. The number of aliphatic imine (C=N–C) groups is 1. The van der Waals surface area contributed by atoms with Crippen molar-refractivity contribution < 1.29 is 9.53 Å². The van der Waals surface area contributed by atoms with Crippen molar-refractivity contribution in [3.05, 3.63) is 0 Å². The van der Waals surface area contributed by atoms with Gasteiger partial charge in [-0.2, -0.15) is 0 Å². The van der Waals surface area contributed by atoms with Crippen LogP contribution in [0, 0.1) is 0 Å². The zero-order chi connectivity index (χ0) is 13.3. The van der Waals surface area contributed by atoms with Crippen molar-refractivity contribution in [2.75, 3.05) is 40.9 Å². The number of nitrogens with one attached hydrogen (secondary N) is 2. The highest BCUT2D eigenvalue weighted by Crippen LogP contribution is 1.83. The summed E-state index contributed by atoms with van der Waals surface area (Å²) in [5.74, 6) is 0.605. The van der Waals surface area contributed by atoms with Gasteiger partial charge in [0.05, 0.1) is 6.61 Å². The summed E-state index contributed by atoms with van der Waals surface area (Å²) in [5.41, 5.74) is 0. The minimum absolute atomic E-state index is 0. The Balaban J connectivity index is 0. The number of methoxy groups -OCH3 is 1. The lowest BCUT2D eigenvalue weighted by molar-refractivity contribution is -0.127. The van der Waals surface area contributed by atoms with Crippen molar-refractivity contribution in [2.24, 2.45) is 4.99 Å². The lowest BCUT2D eigenvalue weighted by atomic mass is 10.4. The fourth-order valence-corrected chi connectivity index (χ4v) is 0.986. The van der Waals surface area contributed by atoms with Gasteiger partial charge in [-0.05, 0) is 13.8 Å². The lowest BCUT2D eigenvalue weighted by Crippen LogP contribution is -2.43. The van der Waals surface area contributed by atoms with Crippen LogP contribution in [-0.2, 0) is 9.53 Å². The molecule has 0 rings (SSSR count). The molecule has 0 atom stereocenters. The molecule has 0 saturated carbocycles. The molecule has 0 aromatic heterocycles. The van der Waals surface area contributed by atoms with E-state index in [4.69, 9.17) is 4.74 Å². The Hall–Kier alpha value is -0.570. The Morgan fingerprint density at radius 3 is 2.44 bits per heavy atom.